The van der Waals surface area contributed by atoms with Gasteiger partial charge in [-0.2, -0.15) is 0 Å². The largest absolute Gasteiger partial charge is 0.325 e. The summed E-state index contributed by atoms with van der Waals surface area (Å²) in [4.78, 5) is 16.7. The molecule has 4 heteroatoms. The van der Waals surface area contributed by atoms with Crippen molar-refractivity contribution in [2.75, 3.05) is 6.54 Å². The summed E-state index contributed by atoms with van der Waals surface area (Å²) < 4.78 is 0.631. The van der Waals surface area contributed by atoms with Gasteiger partial charge in [-0.3, -0.25) is 9.69 Å². The van der Waals surface area contributed by atoms with Crippen molar-refractivity contribution in [2.45, 2.75) is 32.9 Å². The van der Waals surface area contributed by atoms with Crippen LogP contribution in [0.15, 0.2) is 15.3 Å². The molecule has 0 spiro atoms. The average molecular weight is 271 g/mol. The minimum Gasteiger partial charge on any atom is -0.325 e. The number of fused-ring (bicyclic) bond motifs is 1. The van der Waals surface area contributed by atoms with E-state index in [1.807, 2.05) is 6.07 Å². The van der Waals surface area contributed by atoms with Crippen LogP contribution in [-0.4, -0.2) is 22.5 Å². The van der Waals surface area contributed by atoms with Gasteiger partial charge in [-0.1, -0.05) is 0 Å². The topological polar surface area (TPSA) is 36.1 Å². The summed E-state index contributed by atoms with van der Waals surface area (Å²) in [6, 6.07) is 2.51. The molecule has 0 saturated heterocycles. The van der Waals surface area contributed by atoms with Gasteiger partial charge in [0.2, 0.25) is 0 Å². The lowest BCUT2D eigenvalue weighted by Gasteiger charge is -2.31. The molecule has 1 N–H and O–H groups in total. The Balaban J connectivity index is 2.34. The predicted octanol–water partition coefficient (Wildman–Crippen LogP) is 1.90. The van der Waals surface area contributed by atoms with Crippen molar-refractivity contribution in [3.63, 3.8) is 0 Å². The minimum absolute atomic E-state index is 0.0215. The maximum absolute atomic E-state index is 11.4. The zero-order valence-electron chi connectivity index (χ0n) is 9.01. The molecule has 2 heterocycles. The van der Waals surface area contributed by atoms with Crippen molar-refractivity contribution in [3.05, 3.63) is 32.2 Å². The van der Waals surface area contributed by atoms with Crippen molar-refractivity contribution in [2.24, 2.45) is 0 Å². The molecule has 0 radical (unpaired) electrons. The number of pyridine rings is 1. The van der Waals surface area contributed by atoms with Gasteiger partial charge in [0, 0.05) is 31.2 Å². The van der Waals surface area contributed by atoms with E-state index in [1.165, 1.54) is 5.56 Å². The van der Waals surface area contributed by atoms with Crippen molar-refractivity contribution in [1.82, 2.24) is 9.88 Å². The van der Waals surface area contributed by atoms with Gasteiger partial charge >= 0.3 is 0 Å². The second-order valence-electron chi connectivity index (χ2n) is 4.26. The van der Waals surface area contributed by atoms with Crippen LogP contribution in [0.4, 0.5) is 0 Å². The predicted molar refractivity (Wildman–Crippen MR) is 64.0 cm³/mol. The van der Waals surface area contributed by atoms with Crippen LogP contribution in [0.5, 0.6) is 0 Å². The van der Waals surface area contributed by atoms with E-state index in [1.54, 1.807) is 0 Å². The van der Waals surface area contributed by atoms with Gasteiger partial charge in [0.25, 0.3) is 5.56 Å². The fraction of sp³-hybridized carbons (Fsp3) is 0.545. The number of H-pyrrole nitrogens is 1. The summed E-state index contributed by atoms with van der Waals surface area (Å²) in [6.45, 7) is 6.36. The first-order chi connectivity index (χ1) is 7.08. The maximum Gasteiger partial charge on any atom is 0.262 e. The number of aromatic amines is 1. The molecule has 0 unspecified atom stereocenters. The molecule has 82 valence electrons. The average Bonchev–Trinajstić information content (AvgIpc) is 2.19. The molecule has 0 saturated carbocycles. The number of nitrogens with one attached hydrogen (secondary N) is 1. The molecule has 2 rings (SSSR count). The van der Waals surface area contributed by atoms with E-state index in [4.69, 9.17) is 0 Å². The Kier molecular flexibility index (Phi) is 2.98. The monoisotopic (exact) mass is 270 g/mol. The van der Waals surface area contributed by atoms with E-state index in [-0.39, 0.29) is 5.56 Å². The highest BCUT2D eigenvalue weighted by Gasteiger charge is 2.19. The summed E-state index contributed by atoms with van der Waals surface area (Å²) in [5, 5.41) is 0. The third-order valence-electron chi connectivity index (χ3n) is 2.92. The van der Waals surface area contributed by atoms with E-state index in [0.717, 1.165) is 25.2 Å². The summed E-state index contributed by atoms with van der Waals surface area (Å²) in [5.74, 6) is 0. The van der Waals surface area contributed by atoms with Crippen LogP contribution in [0.25, 0.3) is 0 Å². The lowest BCUT2D eigenvalue weighted by molar-refractivity contribution is 0.201. The van der Waals surface area contributed by atoms with E-state index >= 15 is 0 Å². The van der Waals surface area contributed by atoms with E-state index in [9.17, 15) is 4.79 Å². The van der Waals surface area contributed by atoms with Crippen LogP contribution in [0.2, 0.25) is 0 Å². The van der Waals surface area contributed by atoms with Crippen LogP contribution >= 0.6 is 15.9 Å². The second kappa shape index (κ2) is 4.10. The molecule has 1 aliphatic heterocycles. The molecule has 0 amide bonds. The zero-order valence-corrected chi connectivity index (χ0v) is 10.6. The lowest BCUT2D eigenvalue weighted by Crippen LogP contribution is -2.37. The highest BCUT2D eigenvalue weighted by Crippen LogP contribution is 2.19. The Hall–Kier alpha value is -0.610. The summed E-state index contributed by atoms with van der Waals surface area (Å²) in [5.41, 5.74) is 2.31. The second-order valence-corrected chi connectivity index (χ2v) is 5.12. The molecule has 1 aliphatic rings. The molecule has 0 bridgehead atoms. The molecule has 15 heavy (non-hydrogen) atoms. The third kappa shape index (κ3) is 2.16. The number of rotatable bonds is 1. The van der Waals surface area contributed by atoms with Crippen LogP contribution in [0.3, 0.4) is 0 Å². The van der Waals surface area contributed by atoms with Crippen LogP contribution < -0.4 is 5.56 Å². The molecular weight excluding hydrogens is 256 g/mol. The van der Waals surface area contributed by atoms with Crippen LogP contribution in [-0.2, 0) is 13.0 Å². The molecule has 0 aromatic carbocycles. The van der Waals surface area contributed by atoms with Crippen molar-refractivity contribution in [1.29, 1.82) is 0 Å². The molecule has 0 aliphatic carbocycles. The Morgan fingerprint density at radius 2 is 2.27 bits per heavy atom. The Morgan fingerprint density at radius 3 is 2.93 bits per heavy atom. The number of hydrogen-bond acceptors (Lipinski definition) is 2. The van der Waals surface area contributed by atoms with E-state index in [0.29, 0.717) is 10.5 Å². The standard InChI is InChI=1S/C11H15BrN2O/c1-7(2)14-4-3-10-8(6-14)5-9(12)11(15)13-10/h5,7H,3-4,6H2,1-2H3,(H,13,15). The van der Waals surface area contributed by atoms with E-state index in [2.05, 4.69) is 39.7 Å². The summed E-state index contributed by atoms with van der Waals surface area (Å²) in [6.07, 6.45) is 0.941. The minimum atomic E-state index is -0.0215. The van der Waals surface area contributed by atoms with Gasteiger partial charge in [0.05, 0.1) is 4.47 Å². The van der Waals surface area contributed by atoms with Gasteiger partial charge in [-0.25, -0.2) is 0 Å². The fourth-order valence-corrected chi connectivity index (χ4v) is 2.32. The van der Waals surface area contributed by atoms with Gasteiger partial charge in [0.1, 0.15) is 0 Å². The Labute approximate surface area is 97.6 Å². The van der Waals surface area contributed by atoms with Crippen LogP contribution in [0, 0.1) is 0 Å². The van der Waals surface area contributed by atoms with Crippen molar-refractivity contribution in [3.8, 4) is 0 Å². The zero-order chi connectivity index (χ0) is 11.0. The Morgan fingerprint density at radius 1 is 1.53 bits per heavy atom. The number of hydrogen-bond donors (Lipinski definition) is 1. The smallest absolute Gasteiger partial charge is 0.262 e. The third-order valence-corrected chi connectivity index (χ3v) is 3.51. The lowest BCUT2D eigenvalue weighted by atomic mass is 10.0. The van der Waals surface area contributed by atoms with Gasteiger partial charge in [-0.15, -0.1) is 0 Å². The quantitative estimate of drug-likeness (QED) is 0.847. The molecular formula is C11H15BrN2O. The first-order valence-corrected chi connectivity index (χ1v) is 6.02. The Bertz CT molecular complexity index is 425. The first kappa shape index (κ1) is 10.9. The van der Waals surface area contributed by atoms with Crippen molar-refractivity contribution >= 4 is 15.9 Å². The van der Waals surface area contributed by atoms with Gasteiger partial charge in [-0.05, 0) is 41.4 Å². The maximum atomic E-state index is 11.4. The fourth-order valence-electron chi connectivity index (χ4n) is 1.94. The SMILES string of the molecule is CC(C)N1CCc2[nH]c(=O)c(Br)cc2C1. The summed E-state index contributed by atoms with van der Waals surface area (Å²) >= 11 is 3.27. The first-order valence-electron chi connectivity index (χ1n) is 5.22. The molecule has 1 aromatic rings. The normalized spacial score (nSPS) is 16.8. The molecule has 3 nitrogen and oxygen atoms in total. The van der Waals surface area contributed by atoms with Gasteiger partial charge in [0.15, 0.2) is 0 Å². The summed E-state index contributed by atoms with van der Waals surface area (Å²) in [7, 11) is 0. The van der Waals surface area contributed by atoms with Crippen LogP contribution in [0.1, 0.15) is 25.1 Å². The highest BCUT2D eigenvalue weighted by molar-refractivity contribution is 9.10. The van der Waals surface area contributed by atoms with Gasteiger partial charge < -0.3 is 4.98 Å². The highest BCUT2D eigenvalue weighted by atomic mass is 79.9. The molecule has 0 fully saturated rings. The molecule has 1 aromatic heterocycles. The van der Waals surface area contributed by atoms with E-state index < -0.39 is 0 Å². The number of halogens is 1. The molecule has 0 atom stereocenters. The van der Waals surface area contributed by atoms with Crippen molar-refractivity contribution < 1.29 is 0 Å². The number of aromatic nitrogens is 1. The number of nitrogens with zero attached hydrogens (tertiary/aromatic N) is 1.